The highest BCUT2D eigenvalue weighted by Crippen LogP contribution is 2.14. The predicted octanol–water partition coefficient (Wildman–Crippen LogP) is 1.53. The zero-order valence-corrected chi connectivity index (χ0v) is 8.32. The third kappa shape index (κ3) is 1.74. The summed E-state index contributed by atoms with van der Waals surface area (Å²) in [5.74, 6) is 0.127. The van der Waals surface area contributed by atoms with Crippen LogP contribution in [0.5, 0.6) is 0 Å². The molecule has 0 aliphatic rings. The zero-order chi connectivity index (χ0) is 10.8. The van der Waals surface area contributed by atoms with Gasteiger partial charge in [0.1, 0.15) is 0 Å². The molecule has 1 aromatic carbocycles. The smallest absolute Gasteiger partial charge is 0.198 e. The van der Waals surface area contributed by atoms with E-state index in [1.165, 1.54) is 6.20 Å². The summed E-state index contributed by atoms with van der Waals surface area (Å²) in [6.07, 6.45) is 1.51. The molecule has 2 aromatic rings. The van der Waals surface area contributed by atoms with Crippen molar-refractivity contribution in [3.63, 3.8) is 0 Å². The highest BCUT2D eigenvalue weighted by molar-refractivity contribution is 6.11. The minimum atomic E-state index is -0.110. The minimum Gasteiger partial charge on any atom is -0.382 e. The van der Waals surface area contributed by atoms with Crippen molar-refractivity contribution in [3.8, 4) is 0 Å². The Kier molecular flexibility index (Phi) is 2.25. The molecule has 0 spiro atoms. The monoisotopic (exact) mass is 201 g/mol. The molecule has 0 atom stereocenters. The Morgan fingerprint density at radius 3 is 2.53 bits per heavy atom. The number of aryl methyl sites for hydroxylation is 1. The Balaban J connectivity index is 2.37. The van der Waals surface area contributed by atoms with Gasteiger partial charge in [-0.2, -0.15) is 5.10 Å². The Morgan fingerprint density at radius 2 is 2.00 bits per heavy atom. The minimum absolute atomic E-state index is 0.110. The second-order valence-electron chi connectivity index (χ2n) is 3.38. The van der Waals surface area contributed by atoms with E-state index in [-0.39, 0.29) is 11.6 Å². The lowest BCUT2D eigenvalue weighted by Crippen LogP contribution is -2.03. The fourth-order valence-electron chi connectivity index (χ4n) is 1.34. The van der Waals surface area contributed by atoms with Gasteiger partial charge in [-0.15, -0.1) is 0 Å². The Hall–Kier alpha value is -2.10. The van der Waals surface area contributed by atoms with Crippen LogP contribution in [0.25, 0.3) is 0 Å². The number of nitrogens with two attached hydrogens (primary N) is 1. The fraction of sp³-hybridized carbons (Fsp3) is 0.0909. The van der Waals surface area contributed by atoms with Crippen molar-refractivity contribution >= 4 is 11.6 Å². The van der Waals surface area contributed by atoms with E-state index in [4.69, 9.17) is 5.73 Å². The summed E-state index contributed by atoms with van der Waals surface area (Å²) in [6, 6.07) is 7.35. The summed E-state index contributed by atoms with van der Waals surface area (Å²) >= 11 is 0. The molecular weight excluding hydrogens is 190 g/mol. The number of anilines is 1. The summed E-state index contributed by atoms with van der Waals surface area (Å²) in [4.78, 5) is 11.9. The van der Waals surface area contributed by atoms with Crippen LogP contribution in [0.15, 0.2) is 30.5 Å². The lowest BCUT2D eigenvalue weighted by Gasteiger charge is -1.99. The van der Waals surface area contributed by atoms with E-state index < -0.39 is 0 Å². The molecule has 4 heteroatoms. The van der Waals surface area contributed by atoms with E-state index in [1.807, 2.05) is 19.1 Å². The topological polar surface area (TPSA) is 71.8 Å². The molecular formula is C11H11N3O. The van der Waals surface area contributed by atoms with Crippen molar-refractivity contribution in [3.05, 3.63) is 47.2 Å². The van der Waals surface area contributed by atoms with Crippen LogP contribution in [0.4, 0.5) is 5.82 Å². The van der Waals surface area contributed by atoms with Crippen LogP contribution in [0.3, 0.4) is 0 Å². The molecule has 0 radical (unpaired) electrons. The van der Waals surface area contributed by atoms with Crippen molar-refractivity contribution in [2.45, 2.75) is 6.92 Å². The summed E-state index contributed by atoms with van der Waals surface area (Å²) in [5.41, 5.74) is 7.70. The fourth-order valence-corrected chi connectivity index (χ4v) is 1.34. The van der Waals surface area contributed by atoms with Crippen molar-refractivity contribution in [1.29, 1.82) is 0 Å². The third-order valence-corrected chi connectivity index (χ3v) is 2.23. The molecule has 4 nitrogen and oxygen atoms in total. The number of carbonyl (C=O) groups is 1. The zero-order valence-electron chi connectivity index (χ0n) is 8.32. The van der Waals surface area contributed by atoms with Gasteiger partial charge < -0.3 is 5.73 Å². The number of ketones is 1. The Labute approximate surface area is 87.1 Å². The quantitative estimate of drug-likeness (QED) is 0.724. The molecule has 0 unspecified atom stereocenters. The van der Waals surface area contributed by atoms with E-state index in [0.29, 0.717) is 11.1 Å². The lowest BCUT2D eigenvalue weighted by molar-refractivity contribution is 0.103. The Bertz CT molecular complexity index is 485. The Morgan fingerprint density at radius 1 is 1.33 bits per heavy atom. The predicted molar refractivity (Wildman–Crippen MR) is 57.6 cm³/mol. The number of H-pyrrole nitrogens is 1. The van der Waals surface area contributed by atoms with Gasteiger partial charge in [0.2, 0.25) is 0 Å². The van der Waals surface area contributed by atoms with Crippen LogP contribution in [0, 0.1) is 6.92 Å². The molecule has 3 N–H and O–H groups in total. The largest absolute Gasteiger partial charge is 0.382 e. The first kappa shape index (κ1) is 9.45. The molecule has 1 heterocycles. The first-order valence-electron chi connectivity index (χ1n) is 4.59. The van der Waals surface area contributed by atoms with Gasteiger partial charge in [0.05, 0.1) is 5.56 Å². The molecule has 0 saturated heterocycles. The third-order valence-electron chi connectivity index (χ3n) is 2.23. The summed E-state index contributed by atoms with van der Waals surface area (Å²) in [5, 5.41) is 6.28. The van der Waals surface area contributed by atoms with Crippen molar-refractivity contribution in [1.82, 2.24) is 10.2 Å². The molecule has 76 valence electrons. The number of aromatic amines is 1. The van der Waals surface area contributed by atoms with Gasteiger partial charge in [-0.25, -0.2) is 0 Å². The maximum absolute atomic E-state index is 11.9. The number of aromatic nitrogens is 2. The van der Waals surface area contributed by atoms with Crippen LogP contribution >= 0.6 is 0 Å². The lowest BCUT2D eigenvalue weighted by atomic mass is 10.0. The van der Waals surface area contributed by atoms with Gasteiger partial charge in [0.15, 0.2) is 11.6 Å². The average Bonchev–Trinajstić information content (AvgIpc) is 2.65. The summed E-state index contributed by atoms with van der Waals surface area (Å²) in [6.45, 7) is 1.97. The van der Waals surface area contributed by atoms with Gasteiger partial charge in [0.25, 0.3) is 0 Å². The second-order valence-corrected chi connectivity index (χ2v) is 3.38. The molecule has 2 rings (SSSR count). The average molecular weight is 201 g/mol. The maximum Gasteiger partial charge on any atom is 0.198 e. The summed E-state index contributed by atoms with van der Waals surface area (Å²) < 4.78 is 0. The number of rotatable bonds is 2. The van der Waals surface area contributed by atoms with Crippen molar-refractivity contribution in [2.75, 3.05) is 5.73 Å². The first-order chi connectivity index (χ1) is 7.18. The number of hydrogen-bond donors (Lipinski definition) is 2. The molecule has 0 bridgehead atoms. The molecule has 0 amide bonds. The molecule has 0 saturated carbocycles. The van der Waals surface area contributed by atoms with Crippen LogP contribution < -0.4 is 5.73 Å². The molecule has 0 aliphatic heterocycles. The normalized spacial score (nSPS) is 10.2. The van der Waals surface area contributed by atoms with E-state index in [2.05, 4.69) is 10.2 Å². The number of nitrogen functional groups attached to an aromatic ring is 1. The second kappa shape index (κ2) is 3.57. The standard InChI is InChI=1S/C11H11N3O/c1-7-2-4-8(5-3-7)10(15)9-6-13-14-11(9)12/h2-6H,1H3,(H3,12,13,14). The molecule has 0 fully saturated rings. The highest BCUT2D eigenvalue weighted by Gasteiger charge is 2.13. The first-order valence-corrected chi connectivity index (χ1v) is 4.59. The van der Waals surface area contributed by atoms with Crippen LogP contribution in [-0.4, -0.2) is 16.0 Å². The van der Waals surface area contributed by atoms with Crippen molar-refractivity contribution < 1.29 is 4.79 Å². The summed E-state index contributed by atoms with van der Waals surface area (Å²) in [7, 11) is 0. The van der Waals surface area contributed by atoms with Crippen molar-refractivity contribution in [2.24, 2.45) is 0 Å². The number of carbonyl (C=O) groups excluding carboxylic acids is 1. The van der Waals surface area contributed by atoms with E-state index in [1.54, 1.807) is 12.1 Å². The van der Waals surface area contributed by atoms with Gasteiger partial charge in [-0.05, 0) is 6.92 Å². The van der Waals surface area contributed by atoms with Gasteiger partial charge in [-0.1, -0.05) is 29.8 Å². The van der Waals surface area contributed by atoms with Gasteiger partial charge >= 0.3 is 0 Å². The van der Waals surface area contributed by atoms with Crippen LogP contribution in [0.2, 0.25) is 0 Å². The van der Waals surface area contributed by atoms with E-state index in [9.17, 15) is 4.79 Å². The molecule has 15 heavy (non-hydrogen) atoms. The SMILES string of the molecule is Cc1ccc(C(=O)c2c[nH]nc2N)cc1. The number of benzene rings is 1. The van der Waals surface area contributed by atoms with E-state index in [0.717, 1.165) is 5.56 Å². The van der Waals surface area contributed by atoms with Gasteiger partial charge in [0, 0.05) is 11.8 Å². The molecule has 1 aromatic heterocycles. The van der Waals surface area contributed by atoms with Gasteiger partial charge in [-0.3, -0.25) is 9.89 Å². The number of nitrogens with one attached hydrogen (secondary N) is 1. The molecule has 0 aliphatic carbocycles. The maximum atomic E-state index is 11.9. The highest BCUT2D eigenvalue weighted by atomic mass is 16.1. The number of nitrogens with zero attached hydrogens (tertiary/aromatic N) is 1. The van der Waals surface area contributed by atoms with Crippen LogP contribution in [-0.2, 0) is 0 Å². The number of hydrogen-bond acceptors (Lipinski definition) is 3. The van der Waals surface area contributed by atoms with Crippen LogP contribution in [0.1, 0.15) is 21.5 Å². The van der Waals surface area contributed by atoms with E-state index >= 15 is 0 Å².